The molecule has 162 valence electrons. The fourth-order valence-corrected chi connectivity index (χ4v) is 4.14. The van der Waals surface area contributed by atoms with E-state index in [1.54, 1.807) is 28.8 Å². The predicted molar refractivity (Wildman–Crippen MR) is 117 cm³/mol. The Bertz CT molecular complexity index is 1260. The molecule has 0 bridgehead atoms. The van der Waals surface area contributed by atoms with Crippen molar-refractivity contribution in [3.05, 3.63) is 45.7 Å². The van der Waals surface area contributed by atoms with E-state index in [9.17, 15) is 9.59 Å². The van der Waals surface area contributed by atoms with Crippen molar-refractivity contribution < 1.29 is 23.7 Å². The minimum absolute atomic E-state index is 0.190. The molecule has 3 aromatic rings. The number of ether oxygens (including phenoxy) is 4. The number of carbonyl (C=O) groups is 1. The van der Waals surface area contributed by atoms with Crippen LogP contribution in [0.25, 0.3) is 22.0 Å². The molecule has 0 aliphatic heterocycles. The summed E-state index contributed by atoms with van der Waals surface area (Å²) in [4.78, 5) is 27.1. The first-order valence-corrected chi connectivity index (χ1v) is 9.84. The minimum Gasteiger partial charge on any atom is -0.493 e. The van der Waals surface area contributed by atoms with Crippen LogP contribution in [-0.2, 0) is 6.54 Å². The zero-order valence-corrected chi connectivity index (χ0v) is 17.9. The van der Waals surface area contributed by atoms with Crippen LogP contribution in [-0.4, -0.2) is 45.3 Å². The monoisotopic (exact) mass is 424 g/mol. The highest BCUT2D eigenvalue weighted by molar-refractivity contribution is 6.27. The maximum Gasteiger partial charge on any atom is 0.259 e. The Hall–Kier alpha value is -3.52. The van der Waals surface area contributed by atoms with Gasteiger partial charge < -0.3 is 29.2 Å². The van der Waals surface area contributed by atoms with E-state index in [1.807, 2.05) is 0 Å². The van der Waals surface area contributed by atoms with Gasteiger partial charge in [0.2, 0.25) is 0 Å². The molecule has 0 atom stereocenters. The molecular formula is C23H24N2O6. The molecule has 0 saturated carbocycles. The molecule has 8 heteroatoms. The summed E-state index contributed by atoms with van der Waals surface area (Å²) in [5, 5.41) is 0.897. The zero-order chi connectivity index (χ0) is 22.3. The highest BCUT2D eigenvalue weighted by Gasteiger charge is 2.34. The van der Waals surface area contributed by atoms with E-state index in [2.05, 4.69) is 0 Å². The van der Waals surface area contributed by atoms with Crippen molar-refractivity contribution in [2.45, 2.75) is 13.0 Å². The summed E-state index contributed by atoms with van der Waals surface area (Å²) in [7, 11) is 6.06. The summed E-state index contributed by atoms with van der Waals surface area (Å²) in [5.41, 5.74) is 7.57. The Morgan fingerprint density at radius 1 is 0.774 bits per heavy atom. The van der Waals surface area contributed by atoms with Gasteiger partial charge in [0.1, 0.15) is 0 Å². The van der Waals surface area contributed by atoms with Gasteiger partial charge in [-0.1, -0.05) is 0 Å². The van der Waals surface area contributed by atoms with Gasteiger partial charge in [0, 0.05) is 23.1 Å². The van der Waals surface area contributed by atoms with E-state index in [0.717, 1.165) is 0 Å². The van der Waals surface area contributed by atoms with Crippen LogP contribution in [0.3, 0.4) is 0 Å². The van der Waals surface area contributed by atoms with E-state index < -0.39 is 0 Å². The van der Waals surface area contributed by atoms with Crippen molar-refractivity contribution in [2.24, 2.45) is 5.73 Å². The van der Waals surface area contributed by atoms with Gasteiger partial charge in [-0.3, -0.25) is 9.59 Å². The Morgan fingerprint density at radius 3 is 1.84 bits per heavy atom. The quantitative estimate of drug-likeness (QED) is 0.486. The van der Waals surface area contributed by atoms with Gasteiger partial charge in [-0.2, -0.15) is 0 Å². The number of hydrogen-bond acceptors (Lipinski definition) is 7. The highest BCUT2D eigenvalue weighted by Crippen LogP contribution is 2.45. The lowest BCUT2D eigenvalue weighted by Gasteiger charge is -2.17. The number of hydrogen-bond donors (Lipinski definition) is 1. The molecule has 0 fully saturated rings. The number of pyridine rings is 1. The standard InChI is InChI=1S/C23H24N2O6/c1-28-16-8-12-15(11-19(16)31-4)23(27)25(7-5-6-24)21-13-9-17(29-2)18(30-3)10-14(13)22(26)20(12)21/h8-11H,5-7,24H2,1-4H3. The van der Waals surface area contributed by atoms with Gasteiger partial charge in [0.15, 0.2) is 28.8 Å². The Balaban J connectivity index is 2.15. The van der Waals surface area contributed by atoms with Crippen molar-refractivity contribution in [1.82, 2.24) is 4.57 Å². The number of ketones is 1. The van der Waals surface area contributed by atoms with Crippen LogP contribution in [0, 0.1) is 0 Å². The van der Waals surface area contributed by atoms with E-state index in [-0.39, 0.29) is 11.3 Å². The molecule has 2 aromatic carbocycles. The summed E-state index contributed by atoms with van der Waals surface area (Å²) >= 11 is 0. The summed E-state index contributed by atoms with van der Waals surface area (Å²) in [6.45, 7) is 0.793. The van der Waals surface area contributed by atoms with Crippen LogP contribution in [0.5, 0.6) is 23.0 Å². The predicted octanol–water partition coefficient (Wildman–Crippen LogP) is 2.60. The fraction of sp³-hybridized carbons (Fsp3) is 0.304. The smallest absolute Gasteiger partial charge is 0.259 e. The molecule has 8 nitrogen and oxygen atoms in total. The molecule has 1 heterocycles. The molecule has 0 spiro atoms. The normalized spacial score (nSPS) is 12.0. The van der Waals surface area contributed by atoms with Crippen molar-refractivity contribution >= 4 is 16.6 Å². The zero-order valence-electron chi connectivity index (χ0n) is 17.9. The maximum absolute atomic E-state index is 13.6. The molecule has 2 N–H and O–H groups in total. The largest absolute Gasteiger partial charge is 0.493 e. The second kappa shape index (κ2) is 7.96. The summed E-state index contributed by atoms with van der Waals surface area (Å²) < 4.78 is 23.2. The van der Waals surface area contributed by atoms with Gasteiger partial charge in [-0.25, -0.2) is 0 Å². The van der Waals surface area contributed by atoms with E-state index in [0.29, 0.717) is 75.7 Å². The van der Waals surface area contributed by atoms with Crippen LogP contribution in [0.15, 0.2) is 29.1 Å². The summed E-state index contributed by atoms with van der Waals surface area (Å²) in [6.07, 6.45) is 0.585. The first-order valence-electron chi connectivity index (χ1n) is 9.84. The van der Waals surface area contributed by atoms with Crippen LogP contribution >= 0.6 is 0 Å². The third kappa shape index (κ3) is 3.02. The van der Waals surface area contributed by atoms with Crippen molar-refractivity contribution in [2.75, 3.05) is 35.0 Å². The average Bonchev–Trinajstić information content (AvgIpc) is 3.08. The number of methoxy groups -OCH3 is 4. The lowest BCUT2D eigenvalue weighted by Crippen LogP contribution is -2.24. The molecule has 1 aliphatic rings. The molecule has 1 aromatic heterocycles. The van der Waals surface area contributed by atoms with E-state index in [4.69, 9.17) is 24.7 Å². The second-order valence-electron chi connectivity index (χ2n) is 7.16. The first kappa shape index (κ1) is 20.7. The number of nitrogens with zero attached hydrogens (tertiary/aromatic N) is 1. The van der Waals surface area contributed by atoms with Gasteiger partial charge in [0.25, 0.3) is 5.56 Å². The molecule has 0 unspecified atom stereocenters. The SMILES string of the molecule is COc1cc2c(cc1OC)-c1c(c3cc(OC)c(OC)cc3c(=O)n1CCCN)C2=O. The van der Waals surface area contributed by atoms with Crippen LogP contribution in [0.4, 0.5) is 0 Å². The molecule has 0 amide bonds. The number of aromatic nitrogens is 1. The van der Waals surface area contributed by atoms with Gasteiger partial charge >= 0.3 is 0 Å². The van der Waals surface area contributed by atoms with Gasteiger partial charge in [0.05, 0.1) is 45.1 Å². The van der Waals surface area contributed by atoms with E-state index in [1.165, 1.54) is 28.4 Å². The van der Waals surface area contributed by atoms with E-state index >= 15 is 0 Å². The number of benzene rings is 2. The molecule has 0 radical (unpaired) electrons. The minimum atomic E-state index is -0.224. The molecule has 1 aliphatic carbocycles. The van der Waals surface area contributed by atoms with Gasteiger partial charge in [-0.15, -0.1) is 0 Å². The molecule has 0 saturated heterocycles. The maximum atomic E-state index is 13.6. The van der Waals surface area contributed by atoms with Crippen LogP contribution < -0.4 is 30.2 Å². The molecule has 31 heavy (non-hydrogen) atoms. The van der Waals surface area contributed by atoms with Crippen molar-refractivity contribution in [3.63, 3.8) is 0 Å². The summed E-state index contributed by atoms with van der Waals surface area (Å²) in [6, 6.07) is 6.69. The van der Waals surface area contributed by atoms with Crippen molar-refractivity contribution in [3.8, 4) is 34.3 Å². The molecule has 4 rings (SSSR count). The van der Waals surface area contributed by atoms with Crippen LogP contribution in [0.1, 0.15) is 22.3 Å². The lowest BCUT2D eigenvalue weighted by molar-refractivity contribution is 0.104. The summed E-state index contributed by atoms with van der Waals surface area (Å²) in [5.74, 6) is 1.59. The topological polar surface area (TPSA) is 102 Å². The number of rotatable bonds is 7. The first-order chi connectivity index (χ1) is 15.0. The number of carbonyl (C=O) groups excluding carboxylic acids is 1. The van der Waals surface area contributed by atoms with Crippen molar-refractivity contribution in [1.29, 1.82) is 0 Å². The second-order valence-corrected chi connectivity index (χ2v) is 7.16. The Morgan fingerprint density at radius 2 is 1.29 bits per heavy atom. The fourth-order valence-electron chi connectivity index (χ4n) is 4.14. The number of nitrogens with two attached hydrogens (primary N) is 1. The Kier molecular flexibility index (Phi) is 5.32. The third-order valence-corrected chi connectivity index (χ3v) is 5.61. The molecular weight excluding hydrogens is 400 g/mol. The third-order valence-electron chi connectivity index (χ3n) is 5.61. The number of fused-ring (bicyclic) bond motifs is 5. The average molecular weight is 424 g/mol. The lowest BCUT2D eigenvalue weighted by atomic mass is 10.0. The van der Waals surface area contributed by atoms with Crippen LogP contribution in [0.2, 0.25) is 0 Å². The van der Waals surface area contributed by atoms with Gasteiger partial charge in [-0.05, 0) is 37.2 Å². The highest BCUT2D eigenvalue weighted by atomic mass is 16.5. The Labute approximate surface area is 179 Å².